The zero-order valence-electron chi connectivity index (χ0n) is 15.4. The van der Waals surface area contributed by atoms with E-state index in [-0.39, 0.29) is 28.8 Å². The van der Waals surface area contributed by atoms with E-state index in [1.54, 1.807) is 19.0 Å². The third-order valence-electron chi connectivity index (χ3n) is 4.98. The summed E-state index contributed by atoms with van der Waals surface area (Å²) in [6, 6.07) is -0.730. The molecule has 2 aliphatic heterocycles. The number of aliphatic hydroxyl groups is 1. The van der Waals surface area contributed by atoms with Crippen LogP contribution in [-0.4, -0.2) is 77.4 Å². The van der Waals surface area contributed by atoms with Gasteiger partial charge in [0.1, 0.15) is 12.0 Å². The molecule has 6 atom stereocenters. The Labute approximate surface area is 157 Å². The maximum Gasteiger partial charge on any atom is 0.352 e. The van der Waals surface area contributed by atoms with Crippen LogP contribution in [0.15, 0.2) is 10.6 Å². The summed E-state index contributed by atoms with van der Waals surface area (Å²) in [6.07, 6.45) is 0.416. The van der Waals surface area contributed by atoms with Crippen LogP contribution < -0.4 is 10.6 Å². The smallest absolute Gasteiger partial charge is 0.352 e. The van der Waals surface area contributed by atoms with Crippen LogP contribution in [0.1, 0.15) is 20.3 Å². The zero-order valence-corrected chi connectivity index (χ0v) is 16.2. The van der Waals surface area contributed by atoms with E-state index in [2.05, 4.69) is 10.6 Å². The highest BCUT2D eigenvalue weighted by Crippen LogP contribution is 2.41. The first kappa shape index (κ1) is 20.7. The molecule has 1 fully saturated rings. The molecule has 1 amide bonds. The molecule has 0 bridgehead atoms. The highest BCUT2D eigenvalue weighted by atomic mass is 32.2. The molecule has 0 unspecified atom stereocenters. The van der Waals surface area contributed by atoms with Gasteiger partial charge in [-0.15, -0.1) is 11.8 Å². The lowest BCUT2D eigenvalue weighted by Gasteiger charge is -2.26. The predicted octanol–water partition coefficient (Wildman–Crippen LogP) is -0.362. The standard InChI is InChI=1S/C17H27N3O5S/c1-8-13(11(7-21)9(2)22)19-14(17(24)25)15(8)26-10-5-12(18-6-10)16(23)20(3)4/h7-13,18-19,22H,5-6H2,1-4H3,(H,24,25)/t8-,9-,10-,11-,12-,13-/m1/s1. The maximum absolute atomic E-state index is 12.1. The van der Waals surface area contributed by atoms with Gasteiger partial charge >= 0.3 is 5.97 Å². The van der Waals surface area contributed by atoms with Crippen molar-refractivity contribution in [2.24, 2.45) is 11.8 Å². The normalized spacial score (nSPS) is 30.7. The number of thioether (sulfide) groups is 1. The van der Waals surface area contributed by atoms with Crippen LogP contribution >= 0.6 is 11.8 Å². The third kappa shape index (κ3) is 4.21. The highest BCUT2D eigenvalue weighted by Gasteiger charge is 2.42. The number of carbonyl (C=O) groups is 3. The van der Waals surface area contributed by atoms with Gasteiger partial charge in [0.25, 0.3) is 0 Å². The van der Waals surface area contributed by atoms with Crippen molar-refractivity contribution in [2.75, 3.05) is 20.6 Å². The van der Waals surface area contributed by atoms with Crippen LogP contribution in [-0.2, 0) is 14.4 Å². The van der Waals surface area contributed by atoms with Gasteiger partial charge in [-0.3, -0.25) is 4.79 Å². The van der Waals surface area contributed by atoms with Crippen LogP contribution in [0.5, 0.6) is 0 Å². The van der Waals surface area contributed by atoms with Crippen molar-refractivity contribution in [1.82, 2.24) is 15.5 Å². The largest absolute Gasteiger partial charge is 0.477 e. The predicted molar refractivity (Wildman–Crippen MR) is 98.5 cm³/mol. The van der Waals surface area contributed by atoms with Crippen molar-refractivity contribution in [2.45, 2.75) is 43.7 Å². The van der Waals surface area contributed by atoms with E-state index >= 15 is 0 Å². The lowest BCUT2D eigenvalue weighted by Crippen LogP contribution is -2.42. The number of likely N-dealkylation sites (N-methyl/N-ethyl adjacent to an activating group) is 1. The van der Waals surface area contributed by atoms with Gasteiger partial charge in [-0.1, -0.05) is 6.92 Å². The zero-order chi connectivity index (χ0) is 19.6. The molecule has 146 valence electrons. The Bertz CT molecular complexity index is 607. The van der Waals surface area contributed by atoms with Crippen molar-refractivity contribution in [3.8, 4) is 0 Å². The Morgan fingerprint density at radius 2 is 2.04 bits per heavy atom. The first-order valence-electron chi connectivity index (χ1n) is 8.65. The highest BCUT2D eigenvalue weighted by molar-refractivity contribution is 8.03. The fourth-order valence-corrected chi connectivity index (χ4v) is 4.94. The number of aldehydes is 1. The van der Waals surface area contributed by atoms with Gasteiger partial charge in [-0.05, 0) is 13.3 Å². The molecule has 0 aliphatic carbocycles. The Hall–Kier alpha value is -1.58. The quantitative estimate of drug-likeness (QED) is 0.439. The summed E-state index contributed by atoms with van der Waals surface area (Å²) in [7, 11) is 3.41. The Morgan fingerprint density at radius 1 is 1.38 bits per heavy atom. The van der Waals surface area contributed by atoms with Gasteiger partial charge in [0.05, 0.1) is 18.1 Å². The number of aliphatic carboxylic acids is 1. The van der Waals surface area contributed by atoms with Crippen molar-refractivity contribution in [3.63, 3.8) is 0 Å². The molecule has 0 aromatic carbocycles. The van der Waals surface area contributed by atoms with E-state index in [1.165, 1.54) is 18.7 Å². The van der Waals surface area contributed by atoms with Crippen molar-refractivity contribution in [3.05, 3.63) is 10.6 Å². The number of nitrogens with zero attached hydrogens (tertiary/aromatic N) is 1. The van der Waals surface area contributed by atoms with Gasteiger partial charge < -0.3 is 30.5 Å². The van der Waals surface area contributed by atoms with Gasteiger partial charge in [0.2, 0.25) is 5.91 Å². The number of hydrogen-bond donors (Lipinski definition) is 4. The molecule has 2 aliphatic rings. The summed E-state index contributed by atoms with van der Waals surface area (Å²) < 4.78 is 0. The number of carbonyl (C=O) groups excluding carboxylic acids is 2. The minimum atomic E-state index is -1.08. The Morgan fingerprint density at radius 3 is 2.54 bits per heavy atom. The first-order valence-corrected chi connectivity index (χ1v) is 9.53. The van der Waals surface area contributed by atoms with Crippen molar-refractivity contribution < 1.29 is 24.6 Å². The molecular formula is C17H27N3O5S. The van der Waals surface area contributed by atoms with Crippen LogP contribution in [0.2, 0.25) is 0 Å². The SMILES string of the molecule is C[C@@H](O)[C@@H](C=O)[C@@H]1NC(C(=O)O)=C(S[C@H]2CN[C@@H](C(=O)N(C)C)C2)[C@@H]1C. The molecule has 0 aromatic heterocycles. The maximum atomic E-state index is 12.1. The monoisotopic (exact) mass is 385 g/mol. The molecule has 0 spiro atoms. The molecule has 4 N–H and O–H groups in total. The van der Waals surface area contributed by atoms with Gasteiger partial charge in [0, 0.05) is 42.8 Å². The first-order chi connectivity index (χ1) is 12.2. The summed E-state index contributed by atoms with van der Waals surface area (Å²) in [5.74, 6) is -1.99. The summed E-state index contributed by atoms with van der Waals surface area (Å²) in [5.41, 5.74) is 0.0855. The van der Waals surface area contributed by atoms with E-state index in [1.807, 2.05) is 6.92 Å². The molecule has 26 heavy (non-hydrogen) atoms. The molecule has 8 nitrogen and oxygen atoms in total. The van der Waals surface area contributed by atoms with Crippen LogP contribution in [0.4, 0.5) is 0 Å². The van der Waals surface area contributed by atoms with E-state index in [0.717, 1.165) is 0 Å². The number of nitrogens with one attached hydrogen (secondary N) is 2. The van der Waals surface area contributed by atoms with Crippen LogP contribution in [0, 0.1) is 11.8 Å². The van der Waals surface area contributed by atoms with Crippen molar-refractivity contribution in [1.29, 1.82) is 0 Å². The molecule has 0 saturated carbocycles. The van der Waals surface area contributed by atoms with E-state index in [4.69, 9.17) is 0 Å². The Balaban J connectivity index is 2.13. The fraction of sp³-hybridized carbons (Fsp3) is 0.706. The molecule has 2 rings (SSSR count). The fourth-order valence-electron chi connectivity index (χ4n) is 3.49. The lowest BCUT2D eigenvalue weighted by molar-refractivity contribution is -0.133. The van der Waals surface area contributed by atoms with Gasteiger partial charge in [-0.2, -0.15) is 0 Å². The van der Waals surface area contributed by atoms with E-state index in [9.17, 15) is 24.6 Å². The molecular weight excluding hydrogens is 358 g/mol. The molecule has 1 saturated heterocycles. The molecule has 0 radical (unpaired) electrons. The topological polar surface area (TPSA) is 119 Å². The summed E-state index contributed by atoms with van der Waals surface area (Å²) >= 11 is 1.44. The minimum absolute atomic E-state index is 0.00568. The minimum Gasteiger partial charge on any atom is -0.477 e. The van der Waals surface area contributed by atoms with Crippen LogP contribution in [0.3, 0.4) is 0 Å². The molecule has 0 aromatic rings. The molecule has 9 heteroatoms. The van der Waals surface area contributed by atoms with Crippen molar-refractivity contribution >= 4 is 29.9 Å². The van der Waals surface area contributed by atoms with E-state index in [0.29, 0.717) is 24.2 Å². The van der Waals surface area contributed by atoms with Gasteiger partial charge in [0.15, 0.2) is 0 Å². The number of carboxylic acids is 1. The number of aliphatic hydroxyl groups excluding tert-OH is 1. The molecule has 2 heterocycles. The second kappa shape index (κ2) is 8.41. The van der Waals surface area contributed by atoms with Gasteiger partial charge in [-0.25, -0.2) is 4.79 Å². The second-order valence-electron chi connectivity index (χ2n) is 7.13. The second-order valence-corrected chi connectivity index (χ2v) is 8.47. The summed E-state index contributed by atoms with van der Waals surface area (Å²) in [6.45, 7) is 3.99. The van der Waals surface area contributed by atoms with Crippen LogP contribution in [0.25, 0.3) is 0 Å². The Kier molecular flexibility index (Phi) is 6.70. The summed E-state index contributed by atoms with van der Waals surface area (Å²) in [4.78, 5) is 37.3. The van der Waals surface area contributed by atoms with E-state index < -0.39 is 24.0 Å². The number of hydrogen-bond acceptors (Lipinski definition) is 7. The third-order valence-corrected chi connectivity index (χ3v) is 6.50. The lowest BCUT2D eigenvalue weighted by atomic mass is 9.89. The number of amides is 1. The average molecular weight is 385 g/mol. The number of carboxylic acid groups (broad SMARTS) is 1. The summed E-state index contributed by atoms with van der Waals surface area (Å²) in [5, 5.41) is 25.5. The average Bonchev–Trinajstić information content (AvgIpc) is 3.14. The number of rotatable bonds is 7.